The molecule has 2 heterocycles. The number of unbranched alkanes of at least 4 members (excludes halogenated alkanes) is 1. The van der Waals surface area contributed by atoms with Crippen LogP contribution in [0.15, 0.2) is 97.1 Å². The molecule has 6 rings (SSSR count). The predicted octanol–water partition coefficient (Wildman–Crippen LogP) is 6.55. The van der Waals surface area contributed by atoms with Crippen LogP contribution in [-0.2, 0) is 9.47 Å². The van der Waals surface area contributed by atoms with Crippen molar-refractivity contribution in [1.29, 1.82) is 0 Å². The number of primary amides is 1. The second-order valence-corrected chi connectivity index (χ2v) is 11.9. The maximum absolute atomic E-state index is 12.3. The van der Waals surface area contributed by atoms with Crippen molar-refractivity contribution in [3.8, 4) is 23.0 Å². The monoisotopic (exact) mass is 652 g/mol. The SMILES string of the molecule is CCCCNC(=O)Oc1ccc(C(c2ccc(OCC3CO3)cc2)C(c2ccc(OCC3CO3)cc2)c2ccc(OC(N)=O)cc2)cc1. The molecule has 4 unspecified atom stereocenters. The molecule has 4 aromatic rings. The van der Waals surface area contributed by atoms with E-state index in [2.05, 4.69) is 36.5 Å². The topological polar surface area (TPSA) is 134 Å². The largest absolute Gasteiger partial charge is 0.491 e. The minimum atomic E-state index is -0.874. The molecule has 0 aromatic heterocycles. The second-order valence-electron chi connectivity index (χ2n) is 11.9. The van der Waals surface area contributed by atoms with Gasteiger partial charge in [0.05, 0.1) is 13.2 Å². The number of epoxide rings is 2. The molecule has 0 aliphatic carbocycles. The summed E-state index contributed by atoms with van der Waals surface area (Å²) in [7, 11) is 0. The van der Waals surface area contributed by atoms with Gasteiger partial charge in [0.1, 0.15) is 48.4 Å². The molecule has 2 amide bonds. The Balaban J connectivity index is 1.35. The van der Waals surface area contributed by atoms with Crippen LogP contribution < -0.4 is 30.0 Å². The average molecular weight is 653 g/mol. The second kappa shape index (κ2) is 15.7. The predicted molar refractivity (Wildman–Crippen MR) is 179 cm³/mol. The summed E-state index contributed by atoms with van der Waals surface area (Å²) >= 11 is 0. The van der Waals surface area contributed by atoms with Crippen molar-refractivity contribution < 1.29 is 38.0 Å². The summed E-state index contributed by atoms with van der Waals surface area (Å²) in [5.74, 6) is 1.94. The van der Waals surface area contributed by atoms with Crippen molar-refractivity contribution in [1.82, 2.24) is 5.32 Å². The van der Waals surface area contributed by atoms with Gasteiger partial charge in [0.2, 0.25) is 0 Å². The van der Waals surface area contributed by atoms with Crippen LogP contribution in [0.1, 0.15) is 53.9 Å². The van der Waals surface area contributed by atoms with E-state index in [0.717, 1.165) is 59.8 Å². The van der Waals surface area contributed by atoms with E-state index in [1.807, 2.05) is 60.7 Å². The van der Waals surface area contributed by atoms with Crippen molar-refractivity contribution in [3.05, 3.63) is 119 Å². The van der Waals surface area contributed by atoms with Gasteiger partial charge in [-0.1, -0.05) is 61.9 Å². The molecular weight excluding hydrogens is 612 g/mol. The van der Waals surface area contributed by atoms with Gasteiger partial charge in [-0.2, -0.15) is 0 Å². The number of nitrogens with one attached hydrogen (secondary N) is 1. The molecule has 2 saturated heterocycles. The molecule has 2 aliphatic heterocycles. The van der Waals surface area contributed by atoms with Crippen LogP contribution >= 0.6 is 0 Å². The highest BCUT2D eigenvalue weighted by atomic mass is 16.6. The summed E-state index contributed by atoms with van der Waals surface area (Å²) in [4.78, 5) is 23.8. The van der Waals surface area contributed by atoms with Gasteiger partial charge >= 0.3 is 12.2 Å². The lowest BCUT2D eigenvalue weighted by atomic mass is 9.73. The summed E-state index contributed by atoms with van der Waals surface area (Å²) in [5.41, 5.74) is 9.34. The minimum absolute atomic E-state index is 0.154. The minimum Gasteiger partial charge on any atom is -0.491 e. The fraction of sp³-hybridized carbons (Fsp3) is 0.316. The first-order valence-corrected chi connectivity index (χ1v) is 16.3. The number of amides is 2. The smallest absolute Gasteiger partial charge is 0.412 e. The Morgan fingerprint density at radius 1 is 0.667 bits per heavy atom. The van der Waals surface area contributed by atoms with E-state index in [4.69, 9.17) is 34.2 Å². The molecule has 48 heavy (non-hydrogen) atoms. The van der Waals surface area contributed by atoms with Gasteiger partial charge in [-0.05, 0) is 77.2 Å². The molecule has 3 N–H and O–H groups in total. The van der Waals surface area contributed by atoms with Crippen LogP contribution in [-0.4, -0.2) is 57.4 Å². The molecule has 0 spiro atoms. The molecule has 2 fully saturated rings. The van der Waals surface area contributed by atoms with Crippen molar-refractivity contribution in [2.75, 3.05) is 33.0 Å². The van der Waals surface area contributed by atoms with E-state index >= 15 is 0 Å². The van der Waals surface area contributed by atoms with Gasteiger partial charge in [-0.3, -0.25) is 0 Å². The van der Waals surface area contributed by atoms with Crippen molar-refractivity contribution >= 4 is 12.2 Å². The number of hydrogen-bond acceptors (Lipinski definition) is 8. The number of rotatable bonds is 16. The Morgan fingerprint density at radius 3 is 1.40 bits per heavy atom. The molecule has 4 aromatic carbocycles. The third-order valence-electron chi connectivity index (χ3n) is 8.20. The molecule has 0 bridgehead atoms. The number of hydrogen-bond donors (Lipinski definition) is 2. The summed E-state index contributed by atoms with van der Waals surface area (Å²) < 4.78 is 33.1. The summed E-state index contributed by atoms with van der Waals surface area (Å²) in [6, 6.07) is 31.1. The average Bonchev–Trinajstić information content (AvgIpc) is 4.03. The Bertz CT molecular complexity index is 1630. The summed E-state index contributed by atoms with van der Waals surface area (Å²) in [6.45, 7) is 5.10. The molecule has 2 aliphatic rings. The Labute approximate surface area is 280 Å². The summed E-state index contributed by atoms with van der Waals surface area (Å²) in [5, 5.41) is 2.79. The van der Waals surface area contributed by atoms with E-state index < -0.39 is 12.2 Å². The molecule has 250 valence electrons. The highest BCUT2D eigenvalue weighted by Crippen LogP contribution is 2.44. The van der Waals surface area contributed by atoms with E-state index in [1.165, 1.54) is 0 Å². The molecule has 0 radical (unpaired) electrons. The van der Waals surface area contributed by atoms with Crippen LogP contribution in [0.5, 0.6) is 23.0 Å². The number of carbonyl (C=O) groups is 2. The third-order valence-corrected chi connectivity index (χ3v) is 8.20. The molecule has 0 saturated carbocycles. The lowest BCUT2D eigenvalue weighted by Crippen LogP contribution is -2.27. The van der Waals surface area contributed by atoms with Gasteiger partial charge in [0.25, 0.3) is 0 Å². The number of ether oxygens (including phenoxy) is 6. The fourth-order valence-corrected chi connectivity index (χ4v) is 5.52. The molecular formula is C38H40N2O8. The van der Waals surface area contributed by atoms with Gasteiger partial charge < -0.3 is 39.5 Å². The zero-order valence-electron chi connectivity index (χ0n) is 26.8. The van der Waals surface area contributed by atoms with Crippen LogP contribution in [0.25, 0.3) is 0 Å². The molecule has 4 atom stereocenters. The molecule has 10 heteroatoms. The van der Waals surface area contributed by atoms with E-state index in [0.29, 0.717) is 31.3 Å². The Morgan fingerprint density at radius 2 is 1.04 bits per heavy atom. The van der Waals surface area contributed by atoms with Crippen LogP contribution in [0.3, 0.4) is 0 Å². The quantitative estimate of drug-likeness (QED) is 0.103. The zero-order chi connectivity index (χ0) is 33.3. The van der Waals surface area contributed by atoms with Gasteiger partial charge in [-0.25, -0.2) is 9.59 Å². The van der Waals surface area contributed by atoms with Crippen molar-refractivity contribution in [2.45, 2.75) is 43.8 Å². The van der Waals surface area contributed by atoms with E-state index in [1.54, 1.807) is 12.1 Å². The standard InChI is InChI=1S/C38H40N2O8/c1-2-3-20-40-38(42)48-32-18-10-28(11-19-32)36(26-6-14-30(15-7-26)44-22-34-24-46-34)35(27-8-16-31(17-9-27)47-37(39)41)25-4-12-29(13-5-25)43-21-33-23-45-33/h4-19,33-36H,2-3,20-24H2,1H3,(H2,39,41)(H,40,42). The zero-order valence-corrected chi connectivity index (χ0v) is 26.8. The maximum atomic E-state index is 12.3. The highest BCUT2D eigenvalue weighted by Gasteiger charge is 2.30. The molecule has 10 nitrogen and oxygen atoms in total. The first-order chi connectivity index (χ1) is 23.4. The Hall–Kier alpha value is -5.06. The van der Waals surface area contributed by atoms with Crippen molar-refractivity contribution in [3.63, 3.8) is 0 Å². The van der Waals surface area contributed by atoms with Crippen molar-refractivity contribution in [2.24, 2.45) is 5.73 Å². The normalized spacial score (nSPS) is 17.4. The summed E-state index contributed by atoms with van der Waals surface area (Å²) in [6.07, 6.45) is 0.814. The van der Waals surface area contributed by atoms with Gasteiger partial charge in [-0.15, -0.1) is 0 Å². The van der Waals surface area contributed by atoms with Gasteiger partial charge in [0.15, 0.2) is 0 Å². The van der Waals surface area contributed by atoms with E-state index in [9.17, 15) is 9.59 Å². The van der Waals surface area contributed by atoms with Crippen LogP contribution in [0.4, 0.5) is 9.59 Å². The number of nitrogens with two attached hydrogens (primary N) is 1. The van der Waals surface area contributed by atoms with Gasteiger partial charge in [0, 0.05) is 18.4 Å². The first kappa shape index (κ1) is 32.9. The van der Waals surface area contributed by atoms with Crippen LogP contribution in [0, 0.1) is 0 Å². The highest BCUT2D eigenvalue weighted by molar-refractivity contribution is 5.70. The number of benzene rings is 4. The fourth-order valence-electron chi connectivity index (χ4n) is 5.52. The number of carbonyl (C=O) groups excluding carboxylic acids is 2. The third kappa shape index (κ3) is 9.27. The van der Waals surface area contributed by atoms with Crippen LogP contribution in [0.2, 0.25) is 0 Å². The lowest BCUT2D eigenvalue weighted by Gasteiger charge is -2.30. The first-order valence-electron chi connectivity index (χ1n) is 16.3. The lowest BCUT2D eigenvalue weighted by molar-refractivity contribution is 0.200. The van der Waals surface area contributed by atoms with E-state index in [-0.39, 0.29) is 24.0 Å². The Kier molecular flexibility index (Phi) is 10.7. The maximum Gasteiger partial charge on any atom is 0.412 e.